The molecule has 2 aromatic rings. The van der Waals surface area contributed by atoms with Gasteiger partial charge >= 0.3 is 0 Å². The standard InChI is InChI=1S/C16H14ClN3O2/c1-10-6-11(2)20(19-10)16(21)13(9-18)7-12-8-14(17)4-5-15(12)22-3/h4-8H,1-3H3/b13-7+. The van der Waals surface area contributed by atoms with Crippen molar-refractivity contribution in [3.8, 4) is 11.8 Å². The Morgan fingerprint density at radius 1 is 1.41 bits per heavy atom. The monoisotopic (exact) mass is 315 g/mol. The summed E-state index contributed by atoms with van der Waals surface area (Å²) in [4.78, 5) is 12.4. The zero-order valence-corrected chi connectivity index (χ0v) is 13.2. The summed E-state index contributed by atoms with van der Waals surface area (Å²) in [5, 5.41) is 13.9. The van der Waals surface area contributed by atoms with Crippen molar-refractivity contribution in [2.45, 2.75) is 13.8 Å². The molecule has 0 aliphatic rings. The Labute approximate surface area is 133 Å². The molecule has 1 heterocycles. The Morgan fingerprint density at radius 2 is 2.14 bits per heavy atom. The number of hydrogen-bond donors (Lipinski definition) is 0. The maximum Gasteiger partial charge on any atom is 0.289 e. The normalized spacial score (nSPS) is 11.1. The quantitative estimate of drug-likeness (QED) is 0.643. The summed E-state index contributed by atoms with van der Waals surface area (Å²) in [7, 11) is 1.51. The van der Waals surface area contributed by atoms with Gasteiger partial charge in [-0.25, -0.2) is 4.68 Å². The molecule has 0 fully saturated rings. The molecule has 0 atom stereocenters. The number of nitrogens with zero attached hydrogens (tertiary/aromatic N) is 3. The Morgan fingerprint density at radius 3 is 2.68 bits per heavy atom. The Bertz CT molecular complexity index is 800. The van der Waals surface area contributed by atoms with E-state index in [2.05, 4.69) is 5.10 Å². The molecule has 5 nitrogen and oxygen atoms in total. The second-order valence-corrected chi connectivity index (χ2v) is 5.14. The molecule has 22 heavy (non-hydrogen) atoms. The number of benzene rings is 1. The van der Waals surface area contributed by atoms with Crippen molar-refractivity contribution in [1.29, 1.82) is 5.26 Å². The van der Waals surface area contributed by atoms with Crippen LogP contribution in [0.15, 0.2) is 29.8 Å². The molecule has 0 aliphatic heterocycles. The van der Waals surface area contributed by atoms with Crippen molar-refractivity contribution in [3.63, 3.8) is 0 Å². The molecule has 1 aromatic heterocycles. The van der Waals surface area contributed by atoms with E-state index in [0.717, 1.165) is 0 Å². The average Bonchev–Trinajstić information content (AvgIpc) is 2.83. The first-order chi connectivity index (χ1) is 10.5. The molecular weight excluding hydrogens is 302 g/mol. The number of nitriles is 1. The summed E-state index contributed by atoms with van der Waals surface area (Å²) < 4.78 is 6.42. The number of ether oxygens (including phenoxy) is 1. The molecule has 0 aliphatic carbocycles. The van der Waals surface area contributed by atoms with Crippen molar-refractivity contribution in [2.24, 2.45) is 0 Å². The zero-order valence-electron chi connectivity index (χ0n) is 12.4. The largest absolute Gasteiger partial charge is 0.496 e. The van der Waals surface area contributed by atoms with E-state index >= 15 is 0 Å². The molecule has 0 amide bonds. The number of halogens is 1. The van der Waals surface area contributed by atoms with E-state index in [1.165, 1.54) is 17.9 Å². The first-order valence-electron chi connectivity index (χ1n) is 6.49. The highest BCUT2D eigenvalue weighted by Crippen LogP contribution is 2.25. The molecule has 0 saturated carbocycles. The zero-order chi connectivity index (χ0) is 16.3. The van der Waals surface area contributed by atoms with Gasteiger partial charge < -0.3 is 4.74 Å². The molecule has 0 unspecified atom stereocenters. The molecule has 6 heteroatoms. The number of methoxy groups -OCH3 is 1. The van der Waals surface area contributed by atoms with Crippen molar-refractivity contribution in [2.75, 3.05) is 7.11 Å². The van der Waals surface area contributed by atoms with Gasteiger partial charge in [0.2, 0.25) is 0 Å². The van der Waals surface area contributed by atoms with Gasteiger partial charge in [0.05, 0.1) is 12.8 Å². The molecular formula is C16H14ClN3O2. The Kier molecular flexibility index (Phi) is 4.64. The molecule has 2 rings (SSSR count). The fourth-order valence-electron chi connectivity index (χ4n) is 2.06. The first-order valence-corrected chi connectivity index (χ1v) is 6.87. The topological polar surface area (TPSA) is 67.9 Å². The third-order valence-corrected chi connectivity index (χ3v) is 3.28. The highest BCUT2D eigenvalue weighted by Gasteiger charge is 2.16. The van der Waals surface area contributed by atoms with Crippen LogP contribution in [0.2, 0.25) is 5.02 Å². The predicted octanol–water partition coefficient (Wildman–Crippen LogP) is 3.41. The van der Waals surface area contributed by atoms with Crippen LogP contribution in [0.1, 0.15) is 21.7 Å². The van der Waals surface area contributed by atoms with Crippen molar-refractivity contribution in [3.05, 3.63) is 51.8 Å². The molecule has 0 saturated heterocycles. The van der Waals surface area contributed by atoms with Crippen LogP contribution in [-0.2, 0) is 0 Å². The lowest BCUT2D eigenvalue weighted by molar-refractivity contribution is 0.0944. The summed E-state index contributed by atoms with van der Waals surface area (Å²) in [6, 6.07) is 8.66. The Balaban J connectivity index is 2.48. The van der Waals surface area contributed by atoms with Crippen LogP contribution < -0.4 is 4.74 Å². The van der Waals surface area contributed by atoms with Gasteiger partial charge in [-0.2, -0.15) is 10.4 Å². The molecule has 112 valence electrons. The third kappa shape index (κ3) is 3.18. The van der Waals surface area contributed by atoms with Gasteiger partial charge in [0.25, 0.3) is 5.91 Å². The van der Waals surface area contributed by atoms with E-state index in [9.17, 15) is 10.1 Å². The number of aromatic nitrogens is 2. The van der Waals surface area contributed by atoms with Crippen molar-refractivity contribution < 1.29 is 9.53 Å². The number of hydrogen-bond acceptors (Lipinski definition) is 4. The van der Waals surface area contributed by atoms with E-state index in [4.69, 9.17) is 16.3 Å². The first kappa shape index (κ1) is 15.8. The molecule has 0 N–H and O–H groups in total. The van der Waals surface area contributed by atoms with Crippen LogP contribution in [-0.4, -0.2) is 22.8 Å². The predicted molar refractivity (Wildman–Crippen MR) is 83.9 cm³/mol. The summed E-state index contributed by atoms with van der Waals surface area (Å²) >= 11 is 5.96. The van der Waals surface area contributed by atoms with Gasteiger partial charge in [-0.15, -0.1) is 0 Å². The number of carbonyl (C=O) groups is 1. The van der Waals surface area contributed by atoms with E-state index in [1.54, 1.807) is 38.1 Å². The summed E-state index contributed by atoms with van der Waals surface area (Å²) in [5.41, 5.74) is 1.89. The summed E-state index contributed by atoms with van der Waals surface area (Å²) in [6.45, 7) is 3.54. The lowest BCUT2D eigenvalue weighted by Gasteiger charge is -2.06. The van der Waals surface area contributed by atoms with Gasteiger partial charge in [0, 0.05) is 16.3 Å². The van der Waals surface area contributed by atoms with Gasteiger partial charge in [-0.1, -0.05) is 11.6 Å². The van der Waals surface area contributed by atoms with Crippen molar-refractivity contribution >= 4 is 23.6 Å². The van der Waals surface area contributed by atoms with Crippen LogP contribution >= 0.6 is 11.6 Å². The van der Waals surface area contributed by atoms with Crippen LogP contribution in [0.25, 0.3) is 6.08 Å². The minimum absolute atomic E-state index is 0.0493. The smallest absolute Gasteiger partial charge is 0.289 e. The van der Waals surface area contributed by atoms with Crippen LogP contribution in [0.5, 0.6) is 5.75 Å². The summed E-state index contributed by atoms with van der Waals surface area (Å²) in [5.74, 6) is 0.0356. The number of rotatable bonds is 3. The fourth-order valence-corrected chi connectivity index (χ4v) is 2.24. The van der Waals surface area contributed by atoms with E-state index in [1.807, 2.05) is 6.07 Å². The average molecular weight is 316 g/mol. The van der Waals surface area contributed by atoms with Crippen LogP contribution in [0, 0.1) is 25.2 Å². The van der Waals surface area contributed by atoms with Crippen LogP contribution in [0.4, 0.5) is 0 Å². The molecule has 1 aromatic carbocycles. The Hall–Kier alpha value is -2.58. The minimum atomic E-state index is -0.491. The highest BCUT2D eigenvalue weighted by atomic mass is 35.5. The van der Waals surface area contributed by atoms with Gasteiger partial charge in [-0.05, 0) is 44.2 Å². The maximum absolute atomic E-state index is 12.4. The molecule has 0 radical (unpaired) electrons. The van der Waals surface area contributed by atoms with Crippen molar-refractivity contribution in [1.82, 2.24) is 9.78 Å². The lowest BCUT2D eigenvalue weighted by atomic mass is 10.1. The van der Waals surface area contributed by atoms with E-state index < -0.39 is 5.91 Å². The SMILES string of the molecule is COc1ccc(Cl)cc1/C=C(\C#N)C(=O)n1nc(C)cc1C. The van der Waals surface area contributed by atoms with E-state index in [0.29, 0.717) is 27.7 Å². The van der Waals surface area contributed by atoms with Gasteiger partial charge in [0.15, 0.2) is 0 Å². The van der Waals surface area contributed by atoms with E-state index in [-0.39, 0.29) is 5.57 Å². The summed E-state index contributed by atoms with van der Waals surface area (Å²) in [6.07, 6.45) is 1.45. The number of aryl methyl sites for hydroxylation is 2. The number of carbonyl (C=O) groups excluding carboxylic acids is 1. The molecule has 0 bridgehead atoms. The van der Waals surface area contributed by atoms with Gasteiger partial charge in [0.1, 0.15) is 17.4 Å². The molecule has 0 spiro atoms. The second-order valence-electron chi connectivity index (χ2n) is 4.70. The number of allylic oxidation sites excluding steroid dienone is 1. The lowest BCUT2D eigenvalue weighted by Crippen LogP contribution is -2.15. The highest BCUT2D eigenvalue weighted by molar-refractivity contribution is 6.30. The maximum atomic E-state index is 12.4. The minimum Gasteiger partial charge on any atom is -0.496 e. The van der Waals surface area contributed by atoms with Gasteiger partial charge in [-0.3, -0.25) is 4.79 Å². The van der Waals surface area contributed by atoms with Crippen LogP contribution in [0.3, 0.4) is 0 Å². The third-order valence-electron chi connectivity index (χ3n) is 3.04. The fraction of sp³-hybridized carbons (Fsp3) is 0.188. The second kappa shape index (κ2) is 6.46.